The molecule has 1 fully saturated rings. The molecule has 3 atom stereocenters. The Morgan fingerprint density at radius 1 is 0.830 bits per heavy atom. The number of hydrogen-bond acceptors (Lipinski definition) is 8. The van der Waals surface area contributed by atoms with E-state index in [4.69, 9.17) is 15.2 Å². The van der Waals surface area contributed by atoms with Gasteiger partial charge in [-0.25, -0.2) is 4.79 Å². The number of carboxylic acid groups (broad SMARTS) is 1. The third-order valence-corrected chi connectivity index (χ3v) is 8.85. The van der Waals surface area contributed by atoms with Gasteiger partial charge in [-0.2, -0.15) is 0 Å². The smallest absolute Gasteiger partial charge is 0.336 e. The molecular weight excluding hydrogens is 618 g/mol. The molecule has 5 rings (SSSR count). The number of nitrogens with two attached hydrogens (primary N) is 1. The van der Waals surface area contributed by atoms with Crippen LogP contribution in [0.5, 0.6) is 0 Å². The molecule has 10 nitrogen and oxygen atoms in total. The van der Waals surface area contributed by atoms with Crippen LogP contribution in [0.15, 0.2) is 102 Å². The van der Waals surface area contributed by atoms with Gasteiger partial charge in [0.15, 0.2) is 6.29 Å². The van der Waals surface area contributed by atoms with E-state index >= 15 is 0 Å². The summed E-state index contributed by atoms with van der Waals surface area (Å²) in [5, 5.41) is 24.8. The number of nitrogen functional groups attached to an aromatic ring is 1. The van der Waals surface area contributed by atoms with Crippen molar-refractivity contribution in [2.75, 3.05) is 22.1 Å². The number of ether oxygens (including phenoxy) is 2. The second kappa shape index (κ2) is 16.2. The van der Waals surface area contributed by atoms with E-state index in [2.05, 4.69) is 10.6 Å². The van der Waals surface area contributed by atoms with Gasteiger partial charge >= 0.3 is 5.97 Å². The van der Waals surface area contributed by atoms with Gasteiger partial charge in [-0.3, -0.25) is 9.59 Å². The lowest BCUT2D eigenvalue weighted by molar-refractivity contribution is -0.245. The van der Waals surface area contributed by atoms with Gasteiger partial charge in [-0.15, -0.1) is 11.8 Å². The van der Waals surface area contributed by atoms with Crippen LogP contribution in [0.2, 0.25) is 0 Å². The molecule has 1 aliphatic heterocycles. The van der Waals surface area contributed by atoms with Crippen LogP contribution in [0.25, 0.3) is 0 Å². The van der Waals surface area contributed by atoms with Crippen molar-refractivity contribution in [3.05, 3.63) is 119 Å². The van der Waals surface area contributed by atoms with E-state index in [1.165, 1.54) is 11.8 Å². The van der Waals surface area contributed by atoms with Gasteiger partial charge in [-0.1, -0.05) is 60.7 Å². The molecule has 0 aliphatic carbocycles. The predicted molar refractivity (Wildman–Crippen MR) is 181 cm³/mol. The van der Waals surface area contributed by atoms with Crippen molar-refractivity contribution in [1.82, 2.24) is 0 Å². The highest BCUT2D eigenvalue weighted by molar-refractivity contribution is 7.99. The number of carbonyl (C=O) groups excluding carboxylic acids is 2. The van der Waals surface area contributed by atoms with Crippen LogP contribution in [0.1, 0.15) is 65.1 Å². The number of carboxylic acids is 1. The summed E-state index contributed by atoms with van der Waals surface area (Å²) in [6.45, 7) is -0.0612. The lowest BCUT2D eigenvalue weighted by Gasteiger charge is -2.36. The molecular formula is C36H37N3O7S. The zero-order valence-corrected chi connectivity index (χ0v) is 26.5. The maximum atomic E-state index is 12.7. The van der Waals surface area contributed by atoms with E-state index in [1.807, 2.05) is 42.5 Å². The number of para-hydroxylation sites is 2. The molecule has 244 valence electrons. The topological polar surface area (TPSA) is 160 Å². The maximum absolute atomic E-state index is 12.7. The molecule has 0 radical (unpaired) electrons. The van der Waals surface area contributed by atoms with Gasteiger partial charge in [-0.05, 0) is 53.9 Å². The van der Waals surface area contributed by atoms with Gasteiger partial charge < -0.3 is 36.1 Å². The highest BCUT2D eigenvalue weighted by Gasteiger charge is 2.32. The minimum atomic E-state index is -0.986. The molecule has 0 bridgehead atoms. The number of aromatic carboxylic acids is 1. The summed E-state index contributed by atoms with van der Waals surface area (Å²) in [4.78, 5) is 37.5. The molecule has 0 unspecified atom stereocenters. The van der Waals surface area contributed by atoms with E-state index in [0.717, 1.165) is 11.1 Å². The maximum Gasteiger partial charge on any atom is 0.336 e. The minimum absolute atomic E-state index is 0.0612. The van der Waals surface area contributed by atoms with Gasteiger partial charge in [0.1, 0.15) is 0 Å². The van der Waals surface area contributed by atoms with E-state index < -0.39 is 12.3 Å². The van der Waals surface area contributed by atoms with Crippen molar-refractivity contribution in [3.8, 4) is 0 Å². The Balaban J connectivity index is 1.23. The Hall–Kier alpha value is -4.68. The fraction of sp³-hybridized carbons (Fsp3) is 0.250. The zero-order chi connectivity index (χ0) is 33.2. The predicted octanol–water partition coefficient (Wildman–Crippen LogP) is 6.54. The first-order chi connectivity index (χ1) is 22.8. The van der Waals surface area contributed by atoms with Crippen LogP contribution >= 0.6 is 11.8 Å². The number of amides is 2. The summed E-state index contributed by atoms with van der Waals surface area (Å²) in [5.74, 6) is -0.937. The molecule has 11 heteroatoms. The van der Waals surface area contributed by atoms with E-state index in [1.54, 1.807) is 54.6 Å². The summed E-state index contributed by atoms with van der Waals surface area (Å²) >= 11 is 1.42. The highest BCUT2D eigenvalue weighted by atomic mass is 32.2. The lowest BCUT2D eigenvalue weighted by Crippen LogP contribution is -2.31. The Bertz CT molecular complexity index is 1700. The average molecular weight is 656 g/mol. The van der Waals surface area contributed by atoms with Crippen LogP contribution in [-0.4, -0.2) is 39.9 Å². The SMILES string of the molecule is Nc1ccccc1NC(=O)CCCC(=O)Nc1cccc([C@@H]2O[C@H](CSc3ccccc3C(=O)O)C[C@H](c3ccc(CO)cc3)O2)c1. The van der Waals surface area contributed by atoms with Crippen LogP contribution < -0.4 is 16.4 Å². The van der Waals surface area contributed by atoms with E-state index in [-0.39, 0.29) is 49.0 Å². The highest BCUT2D eigenvalue weighted by Crippen LogP contribution is 2.40. The molecule has 4 aromatic carbocycles. The van der Waals surface area contributed by atoms with Gasteiger partial charge in [0.25, 0.3) is 0 Å². The molecule has 1 heterocycles. The first kappa shape index (κ1) is 33.7. The normalized spacial score (nSPS) is 17.5. The number of hydrogen-bond donors (Lipinski definition) is 5. The van der Waals surface area contributed by atoms with Crippen LogP contribution in [-0.2, 0) is 25.7 Å². The van der Waals surface area contributed by atoms with Crippen molar-refractivity contribution in [2.24, 2.45) is 0 Å². The van der Waals surface area contributed by atoms with E-state index in [0.29, 0.717) is 46.1 Å². The number of thioether (sulfide) groups is 1. The molecule has 4 aromatic rings. The Labute approximate surface area is 277 Å². The Morgan fingerprint density at radius 3 is 2.30 bits per heavy atom. The summed E-state index contributed by atoms with van der Waals surface area (Å²) in [6, 6.07) is 28.7. The number of nitrogens with one attached hydrogen (secondary N) is 2. The quantitative estimate of drug-likeness (QED) is 0.0795. The fourth-order valence-electron chi connectivity index (χ4n) is 5.19. The fourth-order valence-corrected chi connectivity index (χ4v) is 6.26. The number of carbonyl (C=O) groups is 3. The number of aliphatic hydroxyl groups is 1. The minimum Gasteiger partial charge on any atom is -0.478 e. The van der Waals surface area contributed by atoms with Crippen molar-refractivity contribution in [1.29, 1.82) is 0 Å². The number of rotatable bonds is 13. The molecule has 0 saturated carbocycles. The third kappa shape index (κ3) is 9.43. The zero-order valence-electron chi connectivity index (χ0n) is 25.6. The standard InChI is InChI=1S/C36H37N3O7S/c37-29-10-2-3-11-30(29)39-34(42)14-6-13-33(41)38-26-8-5-7-25(19-26)36-45-27(22-47-32-12-4-1-9-28(32)35(43)44)20-31(46-36)24-17-15-23(21-40)16-18-24/h1-5,7-12,15-19,27,31,36,40H,6,13-14,20-22,37H2,(H,38,41)(H,39,42)(H,43,44)/t27-,31+,36+/m0/s1. The average Bonchev–Trinajstić information content (AvgIpc) is 3.08. The van der Waals surface area contributed by atoms with Crippen LogP contribution in [0.4, 0.5) is 17.1 Å². The number of aliphatic hydroxyl groups excluding tert-OH is 1. The molecule has 1 saturated heterocycles. The van der Waals surface area contributed by atoms with Crippen molar-refractivity contribution in [2.45, 2.75) is 55.7 Å². The van der Waals surface area contributed by atoms with Crippen molar-refractivity contribution in [3.63, 3.8) is 0 Å². The Kier molecular flexibility index (Phi) is 11.6. The second-order valence-electron chi connectivity index (χ2n) is 11.1. The van der Waals surface area contributed by atoms with Gasteiger partial charge in [0, 0.05) is 41.2 Å². The first-order valence-electron chi connectivity index (χ1n) is 15.3. The van der Waals surface area contributed by atoms with Crippen LogP contribution in [0, 0.1) is 0 Å². The number of anilines is 3. The largest absolute Gasteiger partial charge is 0.478 e. The second-order valence-corrected chi connectivity index (χ2v) is 12.2. The summed E-state index contributed by atoms with van der Waals surface area (Å²) in [7, 11) is 0. The summed E-state index contributed by atoms with van der Waals surface area (Å²) in [6.07, 6.45) is -0.129. The third-order valence-electron chi connectivity index (χ3n) is 7.64. The van der Waals surface area contributed by atoms with Gasteiger partial charge in [0.2, 0.25) is 11.8 Å². The number of benzene rings is 4. The lowest BCUT2D eigenvalue weighted by atomic mass is 10.0. The van der Waals surface area contributed by atoms with Gasteiger partial charge in [0.05, 0.1) is 35.8 Å². The molecule has 0 spiro atoms. The molecule has 1 aliphatic rings. The van der Waals surface area contributed by atoms with Crippen molar-refractivity contribution < 1.29 is 34.1 Å². The molecule has 47 heavy (non-hydrogen) atoms. The Morgan fingerprint density at radius 2 is 1.55 bits per heavy atom. The summed E-state index contributed by atoms with van der Waals surface area (Å²) < 4.78 is 12.8. The van der Waals surface area contributed by atoms with Crippen LogP contribution in [0.3, 0.4) is 0 Å². The molecule has 2 amide bonds. The first-order valence-corrected chi connectivity index (χ1v) is 16.3. The monoisotopic (exact) mass is 655 g/mol. The van der Waals surface area contributed by atoms with E-state index in [9.17, 15) is 24.6 Å². The molecule has 6 N–H and O–H groups in total. The summed E-state index contributed by atoms with van der Waals surface area (Å²) in [5.41, 5.74) is 10.1. The van der Waals surface area contributed by atoms with Crippen molar-refractivity contribution >= 4 is 46.6 Å². The molecule has 0 aromatic heterocycles.